The third-order valence-electron chi connectivity index (χ3n) is 5.18. The fraction of sp³-hybridized carbons (Fsp3) is 0.182. The Kier molecular flexibility index (Phi) is 5.20. The third kappa shape index (κ3) is 4.08. The van der Waals surface area contributed by atoms with Gasteiger partial charge in [-0.3, -0.25) is 4.79 Å². The van der Waals surface area contributed by atoms with Gasteiger partial charge in [0.2, 0.25) is 5.91 Å². The molecule has 7 heteroatoms. The summed E-state index contributed by atoms with van der Waals surface area (Å²) in [4.78, 5) is 33.9. The lowest BCUT2D eigenvalue weighted by atomic mass is 9.88. The number of benzene rings is 2. The Balaban J connectivity index is 1.56. The Morgan fingerprint density at radius 3 is 2.45 bits per heavy atom. The SMILES string of the molecule is O=C(Nc1cccc(-c2cncnc2)c1)C1CN(C(=O)O)CC1c1ccccc1. The smallest absolute Gasteiger partial charge is 0.407 e. The molecule has 2 heterocycles. The minimum Gasteiger partial charge on any atom is -0.465 e. The first kappa shape index (κ1) is 18.6. The fourth-order valence-corrected chi connectivity index (χ4v) is 3.72. The van der Waals surface area contributed by atoms with Crippen LogP contribution in [0.25, 0.3) is 11.1 Å². The summed E-state index contributed by atoms with van der Waals surface area (Å²) in [5.41, 5.74) is 3.36. The van der Waals surface area contributed by atoms with Crippen LogP contribution >= 0.6 is 0 Å². The number of carbonyl (C=O) groups is 2. The van der Waals surface area contributed by atoms with Crippen molar-refractivity contribution in [2.24, 2.45) is 5.92 Å². The quantitative estimate of drug-likeness (QED) is 0.713. The predicted molar refractivity (Wildman–Crippen MR) is 108 cm³/mol. The monoisotopic (exact) mass is 388 g/mol. The van der Waals surface area contributed by atoms with Crippen LogP contribution in [0.15, 0.2) is 73.3 Å². The number of carboxylic acid groups (broad SMARTS) is 1. The van der Waals surface area contributed by atoms with E-state index in [0.717, 1.165) is 16.7 Å². The Hall–Kier alpha value is -3.74. The van der Waals surface area contributed by atoms with Crippen LogP contribution in [-0.4, -0.2) is 45.1 Å². The van der Waals surface area contributed by atoms with E-state index in [4.69, 9.17) is 0 Å². The van der Waals surface area contributed by atoms with Crippen LogP contribution in [0.1, 0.15) is 11.5 Å². The van der Waals surface area contributed by atoms with Crippen molar-refractivity contribution >= 4 is 17.7 Å². The molecule has 0 aliphatic carbocycles. The molecule has 146 valence electrons. The Bertz CT molecular complexity index is 1010. The number of nitrogens with zero attached hydrogens (tertiary/aromatic N) is 3. The zero-order chi connectivity index (χ0) is 20.2. The summed E-state index contributed by atoms with van der Waals surface area (Å²) in [5.74, 6) is -0.834. The van der Waals surface area contributed by atoms with E-state index in [9.17, 15) is 14.7 Å². The second kappa shape index (κ2) is 8.10. The van der Waals surface area contributed by atoms with Gasteiger partial charge in [0.1, 0.15) is 6.33 Å². The van der Waals surface area contributed by atoms with E-state index in [2.05, 4.69) is 15.3 Å². The maximum atomic E-state index is 13.1. The summed E-state index contributed by atoms with van der Waals surface area (Å²) in [6.07, 6.45) is 3.88. The Morgan fingerprint density at radius 1 is 0.966 bits per heavy atom. The van der Waals surface area contributed by atoms with Crippen molar-refractivity contribution in [3.8, 4) is 11.1 Å². The average molecular weight is 388 g/mol. The molecule has 0 spiro atoms. The molecule has 2 amide bonds. The van der Waals surface area contributed by atoms with Gasteiger partial charge in [0.15, 0.2) is 0 Å². The number of hydrogen-bond acceptors (Lipinski definition) is 4. The molecule has 1 aliphatic heterocycles. The molecule has 29 heavy (non-hydrogen) atoms. The minimum absolute atomic E-state index is 0.174. The van der Waals surface area contributed by atoms with E-state index < -0.39 is 12.0 Å². The number of nitrogens with one attached hydrogen (secondary N) is 1. The first-order valence-corrected chi connectivity index (χ1v) is 9.31. The lowest BCUT2D eigenvalue weighted by molar-refractivity contribution is -0.119. The highest BCUT2D eigenvalue weighted by Gasteiger charge is 2.40. The van der Waals surface area contributed by atoms with Crippen LogP contribution in [0.5, 0.6) is 0 Å². The van der Waals surface area contributed by atoms with Gasteiger partial charge in [0.05, 0.1) is 5.92 Å². The van der Waals surface area contributed by atoms with Crippen LogP contribution < -0.4 is 5.32 Å². The van der Waals surface area contributed by atoms with Gasteiger partial charge in [-0.2, -0.15) is 0 Å². The van der Waals surface area contributed by atoms with Gasteiger partial charge in [-0.25, -0.2) is 14.8 Å². The lowest BCUT2D eigenvalue weighted by Gasteiger charge is -2.18. The predicted octanol–water partition coefficient (Wildman–Crippen LogP) is 3.48. The molecule has 4 rings (SSSR count). The van der Waals surface area contributed by atoms with Gasteiger partial charge in [-0.15, -0.1) is 0 Å². The molecule has 2 aromatic carbocycles. The molecular formula is C22H20N4O3. The average Bonchev–Trinajstić information content (AvgIpc) is 3.21. The number of amides is 2. The van der Waals surface area contributed by atoms with Gasteiger partial charge >= 0.3 is 6.09 Å². The van der Waals surface area contributed by atoms with E-state index in [0.29, 0.717) is 12.2 Å². The Labute approximate surface area is 168 Å². The molecule has 2 atom stereocenters. The molecule has 1 aromatic heterocycles. The molecule has 0 saturated carbocycles. The van der Waals surface area contributed by atoms with Crippen molar-refractivity contribution in [2.45, 2.75) is 5.92 Å². The largest absolute Gasteiger partial charge is 0.465 e. The van der Waals surface area contributed by atoms with E-state index in [1.807, 2.05) is 54.6 Å². The molecule has 3 aromatic rings. The summed E-state index contributed by atoms with van der Waals surface area (Å²) < 4.78 is 0. The second-order valence-electron chi connectivity index (χ2n) is 7.01. The molecule has 1 fully saturated rings. The number of likely N-dealkylation sites (tertiary alicyclic amines) is 1. The maximum absolute atomic E-state index is 13.1. The van der Waals surface area contributed by atoms with Gasteiger partial charge in [0.25, 0.3) is 0 Å². The van der Waals surface area contributed by atoms with Crippen LogP contribution in [0, 0.1) is 5.92 Å². The number of rotatable bonds is 4. The number of carbonyl (C=O) groups excluding carboxylic acids is 1. The molecule has 0 bridgehead atoms. The summed E-state index contributed by atoms with van der Waals surface area (Å²) in [6, 6.07) is 17.0. The van der Waals surface area contributed by atoms with Crippen molar-refractivity contribution in [3.63, 3.8) is 0 Å². The first-order chi connectivity index (χ1) is 14.1. The third-order valence-corrected chi connectivity index (χ3v) is 5.18. The van der Waals surface area contributed by atoms with E-state index >= 15 is 0 Å². The summed E-state index contributed by atoms with van der Waals surface area (Å²) in [7, 11) is 0. The van der Waals surface area contributed by atoms with Crippen molar-refractivity contribution in [3.05, 3.63) is 78.9 Å². The molecule has 7 nitrogen and oxygen atoms in total. The second-order valence-corrected chi connectivity index (χ2v) is 7.01. The molecule has 1 aliphatic rings. The zero-order valence-corrected chi connectivity index (χ0v) is 15.6. The van der Waals surface area contributed by atoms with Crippen LogP contribution in [-0.2, 0) is 4.79 Å². The molecule has 2 unspecified atom stereocenters. The normalized spacial score (nSPS) is 18.4. The summed E-state index contributed by atoms with van der Waals surface area (Å²) in [5, 5.41) is 12.4. The topological polar surface area (TPSA) is 95.4 Å². The van der Waals surface area contributed by atoms with E-state index in [1.54, 1.807) is 12.4 Å². The van der Waals surface area contributed by atoms with E-state index in [1.165, 1.54) is 11.2 Å². The van der Waals surface area contributed by atoms with Crippen LogP contribution in [0.2, 0.25) is 0 Å². The highest BCUT2D eigenvalue weighted by atomic mass is 16.4. The van der Waals surface area contributed by atoms with Crippen molar-refractivity contribution in [1.82, 2.24) is 14.9 Å². The van der Waals surface area contributed by atoms with Gasteiger partial charge < -0.3 is 15.3 Å². The number of anilines is 1. The van der Waals surface area contributed by atoms with E-state index in [-0.39, 0.29) is 18.4 Å². The van der Waals surface area contributed by atoms with Gasteiger partial charge in [-0.1, -0.05) is 42.5 Å². The zero-order valence-electron chi connectivity index (χ0n) is 15.6. The van der Waals surface area contributed by atoms with Crippen molar-refractivity contribution in [2.75, 3.05) is 18.4 Å². The number of hydrogen-bond donors (Lipinski definition) is 2. The minimum atomic E-state index is -1.01. The first-order valence-electron chi connectivity index (χ1n) is 9.31. The van der Waals surface area contributed by atoms with Gasteiger partial charge in [-0.05, 0) is 23.3 Å². The van der Waals surface area contributed by atoms with Crippen LogP contribution in [0.4, 0.5) is 10.5 Å². The highest BCUT2D eigenvalue weighted by Crippen LogP contribution is 2.34. The molecule has 0 radical (unpaired) electrons. The van der Waals surface area contributed by atoms with Gasteiger partial charge in [0, 0.05) is 42.7 Å². The maximum Gasteiger partial charge on any atom is 0.407 e. The fourth-order valence-electron chi connectivity index (χ4n) is 3.72. The van der Waals surface area contributed by atoms with Crippen molar-refractivity contribution in [1.29, 1.82) is 0 Å². The molecule has 2 N–H and O–H groups in total. The van der Waals surface area contributed by atoms with Crippen molar-refractivity contribution < 1.29 is 14.7 Å². The van der Waals surface area contributed by atoms with Crippen LogP contribution in [0.3, 0.4) is 0 Å². The molecule has 1 saturated heterocycles. The Morgan fingerprint density at radius 2 is 1.72 bits per heavy atom. The standard InChI is InChI=1S/C22H20N4O3/c27-21(25-18-8-4-7-16(9-18)17-10-23-14-24-11-17)20-13-26(22(28)29)12-19(20)15-5-2-1-3-6-15/h1-11,14,19-20H,12-13H2,(H,25,27)(H,28,29). The highest BCUT2D eigenvalue weighted by molar-refractivity contribution is 5.94. The number of aromatic nitrogens is 2. The molecular weight excluding hydrogens is 368 g/mol. The lowest BCUT2D eigenvalue weighted by Crippen LogP contribution is -2.30. The summed E-state index contributed by atoms with van der Waals surface area (Å²) in [6.45, 7) is 0.478. The summed E-state index contributed by atoms with van der Waals surface area (Å²) >= 11 is 0.